The maximum atomic E-state index is 13.6. The van der Waals surface area contributed by atoms with Gasteiger partial charge in [-0.3, -0.25) is 4.79 Å². The van der Waals surface area contributed by atoms with E-state index >= 15 is 0 Å². The molecule has 0 spiro atoms. The fraction of sp³-hybridized carbons (Fsp3) is 0.258. The van der Waals surface area contributed by atoms with Crippen molar-refractivity contribution < 1.29 is 9.53 Å². The first-order valence-electron chi connectivity index (χ1n) is 12.6. The number of halogens is 2. The molecule has 0 unspecified atom stereocenters. The maximum Gasteiger partial charge on any atom is 0.254 e. The second-order valence-electron chi connectivity index (χ2n) is 9.57. The van der Waals surface area contributed by atoms with Crippen molar-refractivity contribution in [2.45, 2.75) is 37.9 Å². The van der Waals surface area contributed by atoms with Crippen LogP contribution in [0, 0.1) is 0 Å². The van der Waals surface area contributed by atoms with Crippen LogP contribution in [0.5, 0.6) is 5.75 Å². The number of hydrogen-bond donors (Lipinski definition) is 1. The lowest BCUT2D eigenvalue weighted by Crippen LogP contribution is -2.51. The third kappa shape index (κ3) is 5.93. The number of carbonyl (C=O) groups is 1. The van der Waals surface area contributed by atoms with Crippen LogP contribution < -0.4 is 10.1 Å². The second-order valence-corrected chi connectivity index (χ2v) is 10.4. The molecular formula is C31H30Cl2N2O2. The van der Waals surface area contributed by atoms with Gasteiger partial charge in [0.2, 0.25) is 0 Å². The number of methoxy groups -OCH3 is 1. The van der Waals surface area contributed by atoms with Gasteiger partial charge >= 0.3 is 0 Å². The van der Waals surface area contributed by atoms with E-state index in [0.29, 0.717) is 28.2 Å². The Morgan fingerprint density at radius 1 is 0.946 bits per heavy atom. The Morgan fingerprint density at radius 2 is 1.65 bits per heavy atom. The van der Waals surface area contributed by atoms with Crippen molar-refractivity contribution in [1.82, 2.24) is 10.2 Å². The monoisotopic (exact) mass is 532 g/mol. The van der Waals surface area contributed by atoms with Gasteiger partial charge in [-0.15, -0.1) is 0 Å². The smallest absolute Gasteiger partial charge is 0.254 e. The molecule has 1 saturated heterocycles. The van der Waals surface area contributed by atoms with E-state index in [0.717, 1.165) is 36.9 Å². The predicted octanol–water partition coefficient (Wildman–Crippen LogP) is 7.16. The minimum atomic E-state index is -0.0232. The van der Waals surface area contributed by atoms with Crippen molar-refractivity contribution in [1.29, 1.82) is 0 Å². The molecule has 2 atom stereocenters. The summed E-state index contributed by atoms with van der Waals surface area (Å²) < 4.78 is 5.56. The number of piperidine rings is 1. The molecule has 190 valence electrons. The van der Waals surface area contributed by atoms with E-state index < -0.39 is 0 Å². The fourth-order valence-electron chi connectivity index (χ4n) is 5.35. The molecule has 0 radical (unpaired) electrons. The Kier molecular flexibility index (Phi) is 7.99. The highest BCUT2D eigenvalue weighted by atomic mass is 35.5. The summed E-state index contributed by atoms with van der Waals surface area (Å²) in [6.07, 6.45) is 2.53. The van der Waals surface area contributed by atoms with Gasteiger partial charge in [-0.05, 0) is 60.0 Å². The number of nitrogens with zero attached hydrogens (tertiary/aromatic N) is 1. The molecule has 4 aromatic rings. The first kappa shape index (κ1) is 25.6. The van der Waals surface area contributed by atoms with Gasteiger partial charge in [-0.2, -0.15) is 0 Å². The van der Waals surface area contributed by atoms with Gasteiger partial charge in [0.05, 0.1) is 7.11 Å². The summed E-state index contributed by atoms with van der Waals surface area (Å²) in [6.45, 7) is 1.42. The number of likely N-dealkylation sites (tertiary alicyclic amines) is 1. The second kappa shape index (κ2) is 11.6. The Balaban J connectivity index is 1.34. The lowest BCUT2D eigenvalue weighted by molar-refractivity contribution is 0.0576. The summed E-state index contributed by atoms with van der Waals surface area (Å²) in [5.41, 5.74) is 2.99. The molecule has 1 aliphatic rings. The van der Waals surface area contributed by atoms with Crippen molar-refractivity contribution in [2.75, 3.05) is 13.7 Å². The molecule has 5 rings (SSSR count). The van der Waals surface area contributed by atoms with E-state index in [2.05, 4.69) is 41.7 Å². The highest BCUT2D eigenvalue weighted by molar-refractivity contribution is 6.35. The molecule has 0 aliphatic carbocycles. The number of fused-ring (bicyclic) bond motifs is 1. The topological polar surface area (TPSA) is 41.6 Å². The first-order valence-corrected chi connectivity index (χ1v) is 13.4. The van der Waals surface area contributed by atoms with Gasteiger partial charge in [0.15, 0.2) is 0 Å². The van der Waals surface area contributed by atoms with Gasteiger partial charge in [0.25, 0.3) is 5.91 Å². The molecule has 1 heterocycles. The normalized spacial score (nSPS) is 17.6. The van der Waals surface area contributed by atoms with Crippen molar-refractivity contribution in [3.05, 3.63) is 112 Å². The molecule has 0 bridgehead atoms. The molecule has 0 saturated carbocycles. The van der Waals surface area contributed by atoms with E-state index in [4.69, 9.17) is 27.9 Å². The average molecular weight is 533 g/mol. The van der Waals surface area contributed by atoms with Crippen LogP contribution in [0.4, 0.5) is 0 Å². The van der Waals surface area contributed by atoms with Gasteiger partial charge in [-0.25, -0.2) is 0 Å². The van der Waals surface area contributed by atoms with Gasteiger partial charge in [0, 0.05) is 46.2 Å². The van der Waals surface area contributed by atoms with Crippen molar-refractivity contribution in [3.8, 4) is 5.75 Å². The van der Waals surface area contributed by atoms with Crippen molar-refractivity contribution in [3.63, 3.8) is 0 Å². The Morgan fingerprint density at radius 3 is 2.38 bits per heavy atom. The number of nitrogens with one attached hydrogen (secondary N) is 1. The van der Waals surface area contributed by atoms with Crippen molar-refractivity contribution >= 4 is 39.9 Å². The first-order chi connectivity index (χ1) is 18.0. The quantitative estimate of drug-likeness (QED) is 0.274. The summed E-state index contributed by atoms with van der Waals surface area (Å²) in [5.74, 6) is 0.861. The fourth-order valence-corrected chi connectivity index (χ4v) is 5.87. The lowest BCUT2D eigenvalue weighted by atomic mass is 9.91. The van der Waals surface area contributed by atoms with E-state index in [-0.39, 0.29) is 11.9 Å². The van der Waals surface area contributed by atoms with Gasteiger partial charge < -0.3 is 15.0 Å². The lowest BCUT2D eigenvalue weighted by Gasteiger charge is -2.40. The molecule has 6 heteroatoms. The summed E-state index contributed by atoms with van der Waals surface area (Å²) >= 11 is 12.4. The summed E-state index contributed by atoms with van der Waals surface area (Å²) in [5, 5.41) is 7.03. The van der Waals surface area contributed by atoms with Crippen LogP contribution in [0.2, 0.25) is 10.0 Å². The molecule has 0 aromatic heterocycles. The number of amides is 1. The van der Waals surface area contributed by atoms with Crippen LogP contribution in [0.15, 0.2) is 84.9 Å². The third-order valence-corrected chi connectivity index (χ3v) is 7.61. The largest absolute Gasteiger partial charge is 0.496 e. The van der Waals surface area contributed by atoms with Crippen molar-refractivity contribution in [2.24, 2.45) is 0 Å². The van der Waals surface area contributed by atoms with Crippen LogP contribution in [0.1, 0.15) is 34.3 Å². The molecule has 4 aromatic carbocycles. The van der Waals surface area contributed by atoms with Gasteiger partial charge in [-0.1, -0.05) is 83.9 Å². The molecule has 1 N–H and O–H groups in total. The van der Waals surface area contributed by atoms with E-state index in [1.165, 1.54) is 16.5 Å². The molecule has 4 nitrogen and oxygen atoms in total. The van der Waals surface area contributed by atoms with Crippen LogP contribution in [-0.2, 0) is 13.0 Å². The number of hydrogen-bond acceptors (Lipinski definition) is 3. The number of rotatable bonds is 7. The van der Waals surface area contributed by atoms with Crippen LogP contribution in [0.25, 0.3) is 10.8 Å². The highest BCUT2D eigenvalue weighted by Gasteiger charge is 2.32. The Bertz CT molecular complexity index is 1370. The SMILES string of the molecule is COc1ccc(CN[C@H]2CCN(C(=O)c3cc(Cl)cc(Cl)c3)[C@@H](Cc3ccccc3)C2)c2ccccc12. The zero-order valence-electron chi connectivity index (χ0n) is 20.8. The zero-order valence-corrected chi connectivity index (χ0v) is 22.3. The van der Waals surface area contributed by atoms with Crippen LogP contribution in [0.3, 0.4) is 0 Å². The molecule has 1 amide bonds. The van der Waals surface area contributed by atoms with Crippen LogP contribution >= 0.6 is 23.2 Å². The van der Waals surface area contributed by atoms with E-state index in [9.17, 15) is 4.79 Å². The summed E-state index contributed by atoms with van der Waals surface area (Å²) in [6, 6.07) is 28.3. The maximum absolute atomic E-state index is 13.6. The predicted molar refractivity (Wildman–Crippen MR) is 152 cm³/mol. The average Bonchev–Trinajstić information content (AvgIpc) is 2.91. The Labute approximate surface area is 228 Å². The molecule has 37 heavy (non-hydrogen) atoms. The third-order valence-electron chi connectivity index (χ3n) is 7.18. The minimum Gasteiger partial charge on any atom is -0.496 e. The number of ether oxygens (including phenoxy) is 1. The zero-order chi connectivity index (χ0) is 25.8. The molecule has 1 aliphatic heterocycles. The minimum absolute atomic E-state index is 0.0232. The number of carbonyl (C=O) groups excluding carboxylic acids is 1. The van der Waals surface area contributed by atoms with Gasteiger partial charge in [0.1, 0.15) is 5.75 Å². The standard InChI is InChI=1S/C31H30Cl2N2O2/c1-37-30-12-11-22(28-9-5-6-10-29(28)30)20-34-26-13-14-35(27(19-26)15-21-7-3-2-4-8-21)31(36)23-16-24(32)18-25(33)17-23/h2-12,16-18,26-27,34H,13-15,19-20H2,1H3/t26-,27-/m0/s1. The summed E-state index contributed by atoms with van der Waals surface area (Å²) in [4.78, 5) is 15.6. The van der Waals surface area contributed by atoms with E-state index in [1.54, 1.807) is 25.3 Å². The summed E-state index contributed by atoms with van der Waals surface area (Å²) in [7, 11) is 1.71. The van der Waals surface area contributed by atoms with Crippen LogP contribution in [-0.4, -0.2) is 36.5 Å². The molecular weight excluding hydrogens is 503 g/mol. The molecule has 1 fully saturated rings. The number of benzene rings is 4. The highest BCUT2D eigenvalue weighted by Crippen LogP contribution is 2.30. The Hall–Kier alpha value is -3.05. The van der Waals surface area contributed by atoms with E-state index in [1.807, 2.05) is 35.2 Å².